The number of aliphatic carboxylic acids is 1. The maximum Gasteiger partial charge on any atom is 0.347 e. The van der Waals surface area contributed by atoms with E-state index < -0.39 is 30.0 Å². The average Bonchev–Trinajstić information content (AvgIpc) is 1.97. The van der Waals surface area contributed by atoms with Gasteiger partial charge in [0, 0.05) is 0 Å². The molecule has 0 saturated heterocycles. The van der Waals surface area contributed by atoms with E-state index in [1.54, 1.807) is 5.32 Å². The lowest BCUT2D eigenvalue weighted by molar-refractivity contribution is -0.143. The summed E-state index contributed by atoms with van der Waals surface area (Å²) in [7, 11) is 0. The molecule has 0 aromatic carbocycles. The first-order chi connectivity index (χ1) is 5.94. The summed E-state index contributed by atoms with van der Waals surface area (Å²) in [5, 5.41) is 9.81. The van der Waals surface area contributed by atoms with Crippen LogP contribution in [0.1, 0.15) is 6.42 Å². The van der Waals surface area contributed by atoms with Crippen LogP contribution < -0.4 is 5.32 Å². The Labute approximate surface area is 71.4 Å². The normalized spacial score (nSPS) is 27.2. The summed E-state index contributed by atoms with van der Waals surface area (Å²) < 4.78 is 13.3. The summed E-state index contributed by atoms with van der Waals surface area (Å²) in [5.41, 5.74) is -2.72. The predicted molar refractivity (Wildman–Crippen MR) is 38.1 cm³/mol. The van der Waals surface area contributed by atoms with Crippen LogP contribution in [0.15, 0.2) is 4.99 Å². The number of hydrogen-bond acceptors (Lipinski definition) is 3. The molecule has 1 unspecified atom stereocenters. The van der Waals surface area contributed by atoms with E-state index in [1.807, 2.05) is 0 Å². The number of carbonyl (C=O) groups excluding carboxylic acids is 2. The first-order valence-electron chi connectivity index (χ1n) is 3.25. The highest BCUT2D eigenvalue weighted by Gasteiger charge is 2.42. The number of hydrogen-bond donors (Lipinski definition) is 2. The summed E-state index contributed by atoms with van der Waals surface area (Å²) >= 11 is 0. The van der Waals surface area contributed by atoms with E-state index in [2.05, 4.69) is 4.99 Å². The van der Waals surface area contributed by atoms with Crippen LogP contribution >= 0.6 is 0 Å². The Hall–Kier alpha value is -1.79. The first kappa shape index (κ1) is 9.30. The number of rotatable bonds is 2. The van der Waals surface area contributed by atoms with Crippen LogP contribution in [-0.4, -0.2) is 34.9 Å². The van der Waals surface area contributed by atoms with Crippen LogP contribution in [0.25, 0.3) is 0 Å². The van der Waals surface area contributed by atoms with Gasteiger partial charge in [-0.25, -0.2) is 14.2 Å². The second kappa shape index (κ2) is 2.92. The third kappa shape index (κ3) is 1.86. The number of imide groups is 1. The molecular weight excluding hydrogens is 183 g/mol. The number of urea groups is 1. The first-order valence-corrected chi connectivity index (χ1v) is 3.25. The van der Waals surface area contributed by atoms with E-state index in [0.717, 1.165) is 0 Å². The second-order valence-electron chi connectivity index (χ2n) is 2.45. The molecule has 0 bridgehead atoms. The number of alkyl halides is 1. The quantitative estimate of drug-likeness (QED) is 0.609. The Morgan fingerprint density at radius 3 is 2.77 bits per heavy atom. The highest BCUT2D eigenvalue weighted by atomic mass is 19.1. The largest absolute Gasteiger partial charge is 0.481 e. The minimum Gasteiger partial charge on any atom is -0.481 e. The van der Waals surface area contributed by atoms with Gasteiger partial charge in [0.2, 0.25) is 5.67 Å². The fourth-order valence-electron chi connectivity index (χ4n) is 0.799. The topological polar surface area (TPSA) is 95.8 Å². The van der Waals surface area contributed by atoms with Gasteiger partial charge in [-0.1, -0.05) is 0 Å². The average molecular weight is 188 g/mol. The summed E-state index contributed by atoms with van der Waals surface area (Å²) in [4.78, 5) is 34.3. The van der Waals surface area contributed by atoms with Gasteiger partial charge in [-0.15, -0.1) is 0 Å². The molecule has 2 N–H and O–H groups in total. The van der Waals surface area contributed by atoms with Crippen molar-refractivity contribution in [2.24, 2.45) is 4.99 Å². The number of carboxylic acid groups (broad SMARTS) is 1. The maximum absolute atomic E-state index is 13.3. The zero-order valence-electron chi connectivity index (χ0n) is 6.28. The van der Waals surface area contributed by atoms with Crippen molar-refractivity contribution in [1.82, 2.24) is 5.32 Å². The number of amides is 3. The van der Waals surface area contributed by atoms with Gasteiger partial charge >= 0.3 is 12.0 Å². The Balaban J connectivity index is 2.89. The van der Waals surface area contributed by atoms with E-state index in [9.17, 15) is 18.8 Å². The summed E-state index contributed by atoms with van der Waals surface area (Å²) in [6.45, 7) is 0. The van der Waals surface area contributed by atoms with Crippen LogP contribution in [0.4, 0.5) is 9.18 Å². The number of nitrogens with zero attached hydrogens (tertiary/aromatic N) is 1. The van der Waals surface area contributed by atoms with Crippen LogP contribution in [0, 0.1) is 0 Å². The number of carboxylic acids is 1. The van der Waals surface area contributed by atoms with Crippen LogP contribution in [0.2, 0.25) is 0 Å². The lowest BCUT2D eigenvalue weighted by Crippen LogP contribution is -2.51. The standard InChI is InChI=1S/C6H5FN2O4/c7-6(1-3(10)11)2-8-5(13)9-4(6)12/h2H,1H2,(H,10,11)(H,9,12,13). The molecule has 0 saturated carbocycles. The van der Waals surface area contributed by atoms with Crippen molar-refractivity contribution in [3.8, 4) is 0 Å². The third-order valence-corrected chi connectivity index (χ3v) is 1.39. The Kier molecular flexibility index (Phi) is 2.09. The molecule has 0 fully saturated rings. The SMILES string of the molecule is O=C(O)CC1(F)C=NC(=O)NC1=O. The van der Waals surface area contributed by atoms with Gasteiger partial charge in [-0.2, -0.15) is 0 Å². The molecule has 13 heavy (non-hydrogen) atoms. The predicted octanol–water partition coefficient (Wildman–Crippen LogP) is -0.510. The Morgan fingerprint density at radius 1 is 1.69 bits per heavy atom. The molecular formula is C6H5FN2O4. The van der Waals surface area contributed by atoms with Gasteiger partial charge in [-0.3, -0.25) is 14.9 Å². The van der Waals surface area contributed by atoms with E-state index in [0.29, 0.717) is 6.21 Å². The molecule has 1 aliphatic heterocycles. The molecule has 1 rings (SSSR count). The minimum atomic E-state index is -2.72. The van der Waals surface area contributed by atoms with Crippen molar-refractivity contribution in [3.05, 3.63) is 0 Å². The van der Waals surface area contributed by atoms with Gasteiger partial charge in [0.1, 0.15) is 0 Å². The molecule has 0 aliphatic carbocycles. The summed E-state index contributed by atoms with van der Waals surface area (Å²) in [6.07, 6.45) is -0.641. The van der Waals surface area contributed by atoms with Gasteiger partial charge in [-0.05, 0) is 0 Å². The molecule has 1 aliphatic rings. The molecule has 0 aromatic rings. The summed E-state index contributed by atoms with van der Waals surface area (Å²) in [6, 6.07) is -0.997. The maximum atomic E-state index is 13.3. The Bertz CT molecular complexity index is 314. The smallest absolute Gasteiger partial charge is 0.347 e. The molecule has 3 amide bonds. The lowest BCUT2D eigenvalue weighted by Gasteiger charge is -2.19. The zero-order valence-corrected chi connectivity index (χ0v) is 6.28. The van der Waals surface area contributed by atoms with Gasteiger partial charge in [0.05, 0.1) is 12.6 Å². The van der Waals surface area contributed by atoms with E-state index >= 15 is 0 Å². The van der Waals surface area contributed by atoms with E-state index in [1.165, 1.54) is 0 Å². The third-order valence-electron chi connectivity index (χ3n) is 1.39. The molecule has 7 heteroatoms. The van der Waals surface area contributed by atoms with Crippen molar-refractivity contribution in [2.45, 2.75) is 12.1 Å². The van der Waals surface area contributed by atoms with Crippen molar-refractivity contribution >= 4 is 24.1 Å². The minimum absolute atomic E-state index is 0.405. The number of nitrogens with one attached hydrogen (secondary N) is 1. The van der Waals surface area contributed by atoms with Gasteiger partial charge in [0.25, 0.3) is 5.91 Å². The van der Waals surface area contributed by atoms with Crippen LogP contribution in [0.5, 0.6) is 0 Å². The number of halogens is 1. The van der Waals surface area contributed by atoms with Crippen molar-refractivity contribution < 1.29 is 23.9 Å². The summed E-state index contributed by atoms with van der Waals surface area (Å²) in [5.74, 6) is -2.78. The fourth-order valence-corrected chi connectivity index (χ4v) is 0.799. The van der Waals surface area contributed by atoms with Crippen LogP contribution in [0.3, 0.4) is 0 Å². The number of aliphatic imine (C=N–C) groups is 1. The van der Waals surface area contributed by atoms with Crippen molar-refractivity contribution in [1.29, 1.82) is 0 Å². The highest BCUT2D eigenvalue weighted by Crippen LogP contribution is 2.16. The van der Waals surface area contributed by atoms with E-state index in [-0.39, 0.29) is 0 Å². The van der Waals surface area contributed by atoms with Crippen molar-refractivity contribution in [2.75, 3.05) is 0 Å². The molecule has 6 nitrogen and oxygen atoms in total. The lowest BCUT2D eigenvalue weighted by atomic mass is 10.0. The molecule has 0 aromatic heterocycles. The number of carbonyl (C=O) groups is 3. The molecule has 1 heterocycles. The van der Waals surface area contributed by atoms with Crippen molar-refractivity contribution in [3.63, 3.8) is 0 Å². The van der Waals surface area contributed by atoms with Crippen LogP contribution in [-0.2, 0) is 9.59 Å². The molecule has 0 spiro atoms. The highest BCUT2D eigenvalue weighted by molar-refractivity contribution is 6.15. The van der Waals surface area contributed by atoms with Gasteiger partial charge in [0.15, 0.2) is 0 Å². The fraction of sp³-hybridized carbons (Fsp3) is 0.333. The molecule has 0 radical (unpaired) electrons. The molecule has 70 valence electrons. The monoisotopic (exact) mass is 188 g/mol. The second-order valence-corrected chi connectivity index (χ2v) is 2.45. The molecule has 1 atom stereocenters. The van der Waals surface area contributed by atoms with E-state index in [4.69, 9.17) is 5.11 Å². The zero-order chi connectivity index (χ0) is 10.1. The Morgan fingerprint density at radius 2 is 2.31 bits per heavy atom. The van der Waals surface area contributed by atoms with Gasteiger partial charge < -0.3 is 5.11 Å².